The first-order chi connectivity index (χ1) is 12.1. The minimum Gasteiger partial charge on any atom is -0.372 e. The third-order valence-electron chi connectivity index (χ3n) is 4.93. The summed E-state index contributed by atoms with van der Waals surface area (Å²) < 4.78 is 12.2. The smallest absolute Gasteiger partial charge is 0.151 e. The van der Waals surface area contributed by atoms with Crippen LogP contribution in [0.3, 0.4) is 0 Å². The zero-order valence-electron chi connectivity index (χ0n) is 14.8. The van der Waals surface area contributed by atoms with E-state index in [4.69, 9.17) is 9.47 Å². The van der Waals surface area contributed by atoms with Crippen LogP contribution in [0.2, 0.25) is 0 Å². The molecule has 4 heterocycles. The van der Waals surface area contributed by atoms with Crippen molar-refractivity contribution in [3.05, 3.63) is 47.4 Å². The summed E-state index contributed by atoms with van der Waals surface area (Å²) >= 11 is 0. The van der Waals surface area contributed by atoms with Gasteiger partial charge in [0.1, 0.15) is 5.60 Å². The van der Waals surface area contributed by atoms with Gasteiger partial charge in [0.15, 0.2) is 5.82 Å². The van der Waals surface area contributed by atoms with E-state index in [0.717, 1.165) is 55.4 Å². The summed E-state index contributed by atoms with van der Waals surface area (Å²) in [6.45, 7) is 6.98. The highest BCUT2D eigenvalue weighted by Crippen LogP contribution is 2.37. The van der Waals surface area contributed by atoms with Crippen LogP contribution in [0.5, 0.6) is 0 Å². The van der Waals surface area contributed by atoms with Gasteiger partial charge in [-0.25, -0.2) is 0 Å². The quantitative estimate of drug-likeness (QED) is 0.852. The van der Waals surface area contributed by atoms with Crippen LogP contribution < -0.4 is 4.90 Å². The fourth-order valence-corrected chi connectivity index (χ4v) is 3.60. The molecule has 2 fully saturated rings. The molecule has 2 aliphatic rings. The molecule has 6 heteroatoms. The van der Waals surface area contributed by atoms with Gasteiger partial charge in [-0.2, -0.15) is 5.10 Å². The molecule has 6 nitrogen and oxygen atoms in total. The van der Waals surface area contributed by atoms with Gasteiger partial charge in [0, 0.05) is 18.7 Å². The van der Waals surface area contributed by atoms with Crippen LogP contribution in [-0.2, 0) is 16.1 Å². The van der Waals surface area contributed by atoms with Crippen LogP contribution >= 0.6 is 0 Å². The molecule has 0 unspecified atom stereocenters. The number of nitrogens with zero attached hydrogens (tertiary/aromatic N) is 4. The Hall–Kier alpha value is -2.05. The third kappa shape index (κ3) is 3.65. The molecule has 0 radical (unpaired) electrons. The minimum atomic E-state index is -0.102. The normalized spacial score (nSPS) is 22.0. The van der Waals surface area contributed by atoms with Crippen molar-refractivity contribution in [1.82, 2.24) is 15.2 Å². The van der Waals surface area contributed by atoms with E-state index in [0.29, 0.717) is 6.61 Å². The lowest BCUT2D eigenvalue weighted by molar-refractivity contribution is -0.148. The van der Waals surface area contributed by atoms with Crippen molar-refractivity contribution in [3.63, 3.8) is 0 Å². The van der Waals surface area contributed by atoms with Crippen molar-refractivity contribution in [2.24, 2.45) is 0 Å². The summed E-state index contributed by atoms with van der Waals surface area (Å²) in [6, 6.07) is 10.1. The molecular weight excluding hydrogens is 316 g/mol. The van der Waals surface area contributed by atoms with E-state index in [1.807, 2.05) is 44.2 Å². The fraction of sp³-hybridized carbons (Fsp3) is 0.526. The van der Waals surface area contributed by atoms with E-state index in [2.05, 4.69) is 20.1 Å². The fourth-order valence-electron chi connectivity index (χ4n) is 3.60. The molecule has 132 valence electrons. The SMILES string of the molecule is Cc1ccc(N2CC3(C[C@H](OCc4cccc(C)n4)CCO3)C2)nn1. The highest BCUT2D eigenvalue weighted by atomic mass is 16.5. The van der Waals surface area contributed by atoms with Gasteiger partial charge in [-0.15, -0.1) is 5.10 Å². The Morgan fingerprint density at radius 3 is 2.80 bits per heavy atom. The van der Waals surface area contributed by atoms with Crippen LogP contribution in [0, 0.1) is 13.8 Å². The lowest BCUT2D eigenvalue weighted by Gasteiger charge is -2.53. The Labute approximate surface area is 148 Å². The molecule has 0 aromatic carbocycles. The Morgan fingerprint density at radius 1 is 1.16 bits per heavy atom. The van der Waals surface area contributed by atoms with Gasteiger partial charge in [-0.05, 0) is 44.5 Å². The van der Waals surface area contributed by atoms with Crippen molar-refractivity contribution < 1.29 is 9.47 Å². The molecule has 0 bridgehead atoms. The maximum Gasteiger partial charge on any atom is 0.151 e. The summed E-state index contributed by atoms with van der Waals surface area (Å²) in [6.07, 6.45) is 2.09. The third-order valence-corrected chi connectivity index (χ3v) is 4.93. The number of pyridine rings is 1. The summed E-state index contributed by atoms with van der Waals surface area (Å²) in [5.74, 6) is 0.923. The number of rotatable bonds is 4. The van der Waals surface area contributed by atoms with E-state index < -0.39 is 0 Å². The average Bonchev–Trinajstić information content (AvgIpc) is 2.59. The Balaban J connectivity index is 1.32. The Morgan fingerprint density at radius 2 is 2.04 bits per heavy atom. The molecule has 1 spiro atoms. The van der Waals surface area contributed by atoms with Crippen molar-refractivity contribution in [3.8, 4) is 0 Å². The maximum atomic E-state index is 6.12. The molecule has 0 amide bonds. The molecule has 2 saturated heterocycles. The molecular formula is C19H24N4O2. The Kier molecular flexibility index (Phi) is 4.39. The summed E-state index contributed by atoms with van der Waals surface area (Å²) in [4.78, 5) is 6.73. The molecule has 25 heavy (non-hydrogen) atoms. The number of hydrogen-bond donors (Lipinski definition) is 0. The average molecular weight is 340 g/mol. The topological polar surface area (TPSA) is 60.4 Å². The molecule has 2 aromatic heterocycles. The van der Waals surface area contributed by atoms with Crippen molar-refractivity contribution in [2.75, 3.05) is 24.6 Å². The highest BCUT2D eigenvalue weighted by Gasteiger charge is 2.48. The van der Waals surface area contributed by atoms with E-state index >= 15 is 0 Å². The maximum absolute atomic E-state index is 6.12. The molecule has 4 rings (SSSR count). The van der Waals surface area contributed by atoms with Crippen LogP contribution in [0.15, 0.2) is 30.3 Å². The largest absolute Gasteiger partial charge is 0.372 e. The van der Waals surface area contributed by atoms with Crippen molar-refractivity contribution in [1.29, 1.82) is 0 Å². The number of hydrogen-bond acceptors (Lipinski definition) is 6. The Bertz CT molecular complexity index is 728. The molecule has 1 atom stereocenters. The van der Waals surface area contributed by atoms with Gasteiger partial charge in [0.2, 0.25) is 0 Å². The first kappa shape index (κ1) is 16.4. The number of aromatic nitrogens is 3. The molecule has 2 aromatic rings. The van der Waals surface area contributed by atoms with E-state index in [1.165, 1.54) is 0 Å². The summed E-state index contributed by atoms with van der Waals surface area (Å²) in [5, 5.41) is 8.40. The van der Waals surface area contributed by atoms with Crippen LogP contribution in [-0.4, -0.2) is 46.6 Å². The summed E-state index contributed by atoms with van der Waals surface area (Å²) in [7, 11) is 0. The highest BCUT2D eigenvalue weighted by molar-refractivity contribution is 5.43. The van der Waals surface area contributed by atoms with Gasteiger partial charge < -0.3 is 14.4 Å². The number of aryl methyl sites for hydroxylation is 2. The number of anilines is 1. The molecule has 0 saturated carbocycles. The van der Waals surface area contributed by atoms with Gasteiger partial charge >= 0.3 is 0 Å². The molecule has 0 N–H and O–H groups in total. The monoisotopic (exact) mass is 340 g/mol. The van der Waals surface area contributed by atoms with Crippen molar-refractivity contribution >= 4 is 5.82 Å². The van der Waals surface area contributed by atoms with Gasteiger partial charge in [-0.3, -0.25) is 4.98 Å². The second-order valence-corrected chi connectivity index (χ2v) is 7.12. The molecule has 0 aliphatic carbocycles. The van der Waals surface area contributed by atoms with Crippen LogP contribution in [0.1, 0.15) is 29.9 Å². The standard InChI is InChI=1S/C19H24N4O2/c1-14-4-3-5-16(20-14)11-24-17-8-9-25-19(10-17)12-23(13-19)18-7-6-15(2)21-22-18/h3-7,17H,8-13H2,1-2H3/t17-/m1/s1. The second kappa shape index (κ2) is 6.69. The second-order valence-electron chi connectivity index (χ2n) is 7.12. The lowest BCUT2D eigenvalue weighted by atomic mass is 9.84. The predicted octanol–water partition coefficient (Wildman–Crippen LogP) is 2.44. The summed E-state index contributed by atoms with van der Waals surface area (Å²) in [5.41, 5.74) is 2.85. The van der Waals surface area contributed by atoms with Crippen molar-refractivity contribution in [2.45, 2.75) is 45.0 Å². The van der Waals surface area contributed by atoms with E-state index in [-0.39, 0.29) is 11.7 Å². The predicted molar refractivity (Wildman–Crippen MR) is 94.5 cm³/mol. The van der Waals surface area contributed by atoms with Gasteiger partial charge in [-0.1, -0.05) is 6.07 Å². The zero-order valence-corrected chi connectivity index (χ0v) is 14.8. The lowest BCUT2D eigenvalue weighted by Crippen LogP contribution is -2.66. The van der Waals surface area contributed by atoms with E-state index in [1.54, 1.807) is 0 Å². The number of ether oxygens (including phenoxy) is 2. The van der Waals surface area contributed by atoms with Gasteiger partial charge in [0.05, 0.1) is 37.2 Å². The van der Waals surface area contributed by atoms with E-state index in [9.17, 15) is 0 Å². The first-order valence-corrected chi connectivity index (χ1v) is 8.85. The minimum absolute atomic E-state index is 0.102. The van der Waals surface area contributed by atoms with Gasteiger partial charge in [0.25, 0.3) is 0 Å². The molecule has 2 aliphatic heterocycles. The van der Waals surface area contributed by atoms with Crippen LogP contribution in [0.25, 0.3) is 0 Å². The van der Waals surface area contributed by atoms with Crippen LogP contribution in [0.4, 0.5) is 5.82 Å². The first-order valence-electron chi connectivity index (χ1n) is 8.85. The zero-order chi connectivity index (χ0) is 17.3.